The number of aliphatic hydroxyl groups excluding tert-OH is 1. The second-order valence-corrected chi connectivity index (χ2v) is 5.06. The normalized spacial score (nSPS) is 20.9. The zero-order chi connectivity index (χ0) is 13.3. The molecule has 0 aliphatic carbocycles. The molecule has 5 nitrogen and oxygen atoms in total. The van der Waals surface area contributed by atoms with Crippen molar-refractivity contribution in [2.24, 2.45) is 0 Å². The molecule has 1 aromatic rings. The lowest BCUT2D eigenvalue weighted by atomic mass is 10.1. The predicted octanol–water partition coefficient (Wildman–Crippen LogP) is 1.91. The minimum atomic E-state index is -1.07. The first kappa shape index (κ1) is 13.2. The molecule has 0 saturated carbocycles. The van der Waals surface area contributed by atoms with Crippen LogP contribution in [0.5, 0.6) is 11.5 Å². The van der Waals surface area contributed by atoms with Crippen molar-refractivity contribution >= 4 is 22.4 Å². The van der Waals surface area contributed by atoms with Gasteiger partial charge in [-0.3, -0.25) is 4.79 Å². The Morgan fingerprint density at radius 2 is 2.17 bits per heavy atom. The Hall–Kier alpha value is -1.27. The van der Waals surface area contributed by atoms with Gasteiger partial charge in [-0.1, -0.05) is 0 Å². The summed E-state index contributed by atoms with van der Waals surface area (Å²) in [6.07, 6.45) is 0. The molecule has 1 aromatic carbocycles. The van der Waals surface area contributed by atoms with Crippen molar-refractivity contribution in [3.8, 4) is 11.5 Å². The minimum Gasteiger partial charge on any atom is -0.463 e. The molecule has 0 saturated heterocycles. The number of fused-ring (bicyclic) bond motifs is 1. The van der Waals surface area contributed by atoms with Crippen molar-refractivity contribution < 1.29 is 24.1 Å². The number of halogens is 1. The number of ether oxygens (including phenoxy) is 3. The smallest absolute Gasteiger partial charge is 0.293 e. The molecule has 98 valence electrons. The lowest BCUT2D eigenvalue weighted by molar-refractivity contribution is -0.129. The molecule has 1 unspecified atom stereocenters. The fourth-order valence-corrected chi connectivity index (χ4v) is 2.30. The Kier molecular flexibility index (Phi) is 3.49. The van der Waals surface area contributed by atoms with E-state index in [2.05, 4.69) is 15.9 Å². The summed E-state index contributed by atoms with van der Waals surface area (Å²) >= 11 is 3.37. The SMILES string of the molecule is Cc1c(COC=O)cc(Br)c2c1OC(C)(CO)O2. The second-order valence-electron chi connectivity index (χ2n) is 4.20. The highest BCUT2D eigenvalue weighted by Gasteiger charge is 2.39. The molecular weight excluding hydrogens is 304 g/mol. The molecule has 0 bridgehead atoms. The van der Waals surface area contributed by atoms with Gasteiger partial charge in [-0.05, 0) is 34.5 Å². The van der Waals surface area contributed by atoms with Gasteiger partial charge in [0.2, 0.25) is 0 Å². The summed E-state index contributed by atoms with van der Waals surface area (Å²) in [5.41, 5.74) is 1.64. The molecule has 0 amide bonds. The van der Waals surface area contributed by atoms with Crippen molar-refractivity contribution in [3.63, 3.8) is 0 Å². The van der Waals surface area contributed by atoms with E-state index in [-0.39, 0.29) is 13.2 Å². The molecule has 1 atom stereocenters. The van der Waals surface area contributed by atoms with Crippen LogP contribution in [0.15, 0.2) is 10.5 Å². The third kappa shape index (κ3) is 2.18. The molecule has 6 heteroatoms. The van der Waals surface area contributed by atoms with Crippen LogP contribution in [0.1, 0.15) is 18.1 Å². The summed E-state index contributed by atoms with van der Waals surface area (Å²) < 4.78 is 16.7. The molecule has 1 aliphatic heterocycles. The van der Waals surface area contributed by atoms with Gasteiger partial charge in [0, 0.05) is 12.5 Å². The van der Waals surface area contributed by atoms with Crippen LogP contribution in [0.4, 0.5) is 0 Å². The first-order valence-electron chi connectivity index (χ1n) is 5.37. The lowest BCUT2D eigenvalue weighted by Crippen LogP contribution is -2.38. The van der Waals surface area contributed by atoms with Crippen molar-refractivity contribution in [2.75, 3.05) is 6.61 Å². The van der Waals surface area contributed by atoms with Crippen LogP contribution in [-0.4, -0.2) is 24.0 Å². The van der Waals surface area contributed by atoms with Crippen LogP contribution in [-0.2, 0) is 16.1 Å². The summed E-state index contributed by atoms with van der Waals surface area (Å²) in [4.78, 5) is 10.2. The largest absolute Gasteiger partial charge is 0.463 e. The number of carbonyl (C=O) groups excluding carboxylic acids is 1. The van der Waals surface area contributed by atoms with Gasteiger partial charge in [0.15, 0.2) is 11.5 Å². The van der Waals surface area contributed by atoms with Crippen molar-refractivity contribution in [1.82, 2.24) is 0 Å². The fourth-order valence-electron chi connectivity index (χ4n) is 1.76. The van der Waals surface area contributed by atoms with Crippen molar-refractivity contribution in [1.29, 1.82) is 0 Å². The van der Waals surface area contributed by atoms with E-state index in [9.17, 15) is 9.90 Å². The van der Waals surface area contributed by atoms with E-state index in [1.807, 2.05) is 13.0 Å². The third-order valence-electron chi connectivity index (χ3n) is 2.78. The van der Waals surface area contributed by atoms with E-state index in [1.54, 1.807) is 6.92 Å². The predicted molar refractivity (Wildman–Crippen MR) is 66.5 cm³/mol. The zero-order valence-corrected chi connectivity index (χ0v) is 11.6. The van der Waals surface area contributed by atoms with Gasteiger partial charge in [-0.15, -0.1) is 0 Å². The van der Waals surface area contributed by atoms with Gasteiger partial charge in [0.05, 0.1) is 4.47 Å². The Bertz CT molecular complexity index is 488. The van der Waals surface area contributed by atoms with Crippen LogP contribution >= 0.6 is 15.9 Å². The van der Waals surface area contributed by atoms with Gasteiger partial charge in [0.25, 0.3) is 12.3 Å². The number of benzene rings is 1. The van der Waals surface area contributed by atoms with Crippen LogP contribution in [0, 0.1) is 6.92 Å². The zero-order valence-electron chi connectivity index (χ0n) is 10.0. The summed E-state index contributed by atoms with van der Waals surface area (Å²) in [5.74, 6) is 0.0454. The Morgan fingerprint density at radius 1 is 1.50 bits per heavy atom. The molecule has 1 aliphatic rings. The molecule has 0 fully saturated rings. The number of hydrogen-bond acceptors (Lipinski definition) is 5. The Balaban J connectivity index is 2.41. The molecular formula is C12H13BrO5. The van der Waals surface area contributed by atoms with Crippen LogP contribution < -0.4 is 9.47 Å². The molecule has 0 radical (unpaired) electrons. The maximum absolute atomic E-state index is 10.2. The van der Waals surface area contributed by atoms with Crippen molar-refractivity contribution in [3.05, 3.63) is 21.7 Å². The Morgan fingerprint density at radius 3 is 2.78 bits per heavy atom. The molecule has 18 heavy (non-hydrogen) atoms. The summed E-state index contributed by atoms with van der Waals surface area (Å²) in [6.45, 7) is 3.81. The molecule has 0 aromatic heterocycles. The molecule has 1 N–H and O–H groups in total. The number of rotatable bonds is 4. The van der Waals surface area contributed by atoms with Gasteiger partial charge >= 0.3 is 0 Å². The van der Waals surface area contributed by atoms with E-state index >= 15 is 0 Å². The highest BCUT2D eigenvalue weighted by Crippen LogP contribution is 2.47. The van der Waals surface area contributed by atoms with E-state index in [1.165, 1.54) is 0 Å². The summed E-state index contributed by atoms with van der Waals surface area (Å²) in [5, 5.41) is 9.25. The number of hydrogen-bond donors (Lipinski definition) is 1. The molecule has 2 rings (SSSR count). The third-order valence-corrected chi connectivity index (χ3v) is 3.37. The van der Waals surface area contributed by atoms with E-state index < -0.39 is 5.79 Å². The monoisotopic (exact) mass is 316 g/mol. The number of aliphatic hydroxyl groups is 1. The quantitative estimate of drug-likeness (QED) is 0.860. The van der Waals surface area contributed by atoms with Gasteiger partial charge in [-0.25, -0.2) is 0 Å². The average Bonchev–Trinajstić information content (AvgIpc) is 2.72. The topological polar surface area (TPSA) is 65.0 Å². The summed E-state index contributed by atoms with van der Waals surface area (Å²) in [6, 6.07) is 1.81. The number of carbonyl (C=O) groups is 1. The molecule has 1 heterocycles. The maximum Gasteiger partial charge on any atom is 0.293 e. The van der Waals surface area contributed by atoms with E-state index in [0.29, 0.717) is 22.4 Å². The van der Waals surface area contributed by atoms with E-state index in [0.717, 1.165) is 11.1 Å². The summed E-state index contributed by atoms with van der Waals surface area (Å²) in [7, 11) is 0. The average molecular weight is 317 g/mol. The van der Waals surface area contributed by atoms with E-state index in [4.69, 9.17) is 14.2 Å². The Labute approximate surface area is 113 Å². The highest BCUT2D eigenvalue weighted by molar-refractivity contribution is 9.10. The second kappa shape index (κ2) is 4.78. The minimum absolute atomic E-state index is 0.167. The van der Waals surface area contributed by atoms with Gasteiger partial charge in [-0.2, -0.15) is 0 Å². The van der Waals surface area contributed by atoms with Crippen LogP contribution in [0.3, 0.4) is 0 Å². The maximum atomic E-state index is 10.2. The molecule has 0 spiro atoms. The van der Waals surface area contributed by atoms with Gasteiger partial charge in [0.1, 0.15) is 13.2 Å². The van der Waals surface area contributed by atoms with Crippen LogP contribution in [0.25, 0.3) is 0 Å². The standard InChI is InChI=1S/C12H13BrO5/c1-7-8(4-16-6-15)3-9(13)11-10(7)17-12(2,5-14)18-11/h3,6,14H,4-5H2,1-2H3. The first-order valence-corrected chi connectivity index (χ1v) is 6.16. The fraction of sp³-hybridized carbons (Fsp3) is 0.417. The lowest BCUT2D eigenvalue weighted by Gasteiger charge is -2.19. The first-order chi connectivity index (χ1) is 8.50. The van der Waals surface area contributed by atoms with Crippen LogP contribution in [0.2, 0.25) is 0 Å². The highest BCUT2D eigenvalue weighted by atomic mass is 79.9. The van der Waals surface area contributed by atoms with Gasteiger partial charge < -0.3 is 19.3 Å². The van der Waals surface area contributed by atoms with Crippen molar-refractivity contribution in [2.45, 2.75) is 26.2 Å².